The fraction of sp³-hybridized carbons (Fsp3) is 0.273. The number of nitrogens with two attached hydrogens (primary N) is 1. The summed E-state index contributed by atoms with van der Waals surface area (Å²) >= 11 is 0. The number of para-hydroxylation sites is 1. The fourth-order valence-electron chi connectivity index (χ4n) is 1.64. The summed E-state index contributed by atoms with van der Waals surface area (Å²) in [4.78, 5) is 0. The quantitative estimate of drug-likeness (QED) is 0.777. The molecular weight excluding hydrogens is 181 g/mol. The van der Waals surface area contributed by atoms with Gasteiger partial charge in [-0.2, -0.15) is 0 Å². The molecule has 0 spiro atoms. The van der Waals surface area contributed by atoms with Crippen LogP contribution in [0.5, 0.6) is 5.75 Å². The summed E-state index contributed by atoms with van der Waals surface area (Å²) in [6.45, 7) is 0.204. The van der Waals surface area contributed by atoms with Gasteiger partial charge in [0.2, 0.25) is 0 Å². The maximum atomic E-state index is 12.4. The second kappa shape index (κ2) is 3.80. The highest BCUT2D eigenvalue weighted by Gasteiger charge is 2.24. The van der Waals surface area contributed by atoms with Crippen molar-refractivity contribution in [2.45, 2.75) is 12.5 Å². The van der Waals surface area contributed by atoms with Crippen molar-refractivity contribution in [3.63, 3.8) is 0 Å². The summed E-state index contributed by atoms with van der Waals surface area (Å²) in [6, 6.07) is 7.73. The number of fused-ring (bicyclic) bond motifs is 1. The van der Waals surface area contributed by atoms with Crippen LogP contribution >= 0.6 is 0 Å². The molecule has 0 radical (unpaired) electrons. The molecule has 2 nitrogen and oxygen atoms in total. The van der Waals surface area contributed by atoms with Gasteiger partial charge in [-0.25, -0.2) is 4.39 Å². The number of ether oxygens (including phenoxy) is 1. The van der Waals surface area contributed by atoms with E-state index in [0.29, 0.717) is 18.3 Å². The van der Waals surface area contributed by atoms with E-state index in [2.05, 4.69) is 0 Å². The second-order valence-corrected chi connectivity index (χ2v) is 3.31. The zero-order valence-electron chi connectivity index (χ0n) is 7.74. The van der Waals surface area contributed by atoms with E-state index in [9.17, 15) is 4.39 Å². The Morgan fingerprint density at radius 2 is 2.36 bits per heavy atom. The molecule has 0 bridgehead atoms. The van der Waals surface area contributed by atoms with Crippen LogP contribution in [0.1, 0.15) is 5.56 Å². The molecule has 3 heteroatoms. The molecule has 1 heterocycles. The largest absolute Gasteiger partial charge is 0.485 e. The van der Waals surface area contributed by atoms with E-state index in [1.807, 2.05) is 24.3 Å². The van der Waals surface area contributed by atoms with Crippen LogP contribution in [0, 0.1) is 0 Å². The van der Waals surface area contributed by atoms with E-state index < -0.39 is 0 Å². The van der Waals surface area contributed by atoms with E-state index in [4.69, 9.17) is 10.5 Å². The normalized spacial score (nSPS) is 20.4. The van der Waals surface area contributed by atoms with Gasteiger partial charge in [-0.05, 0) is 11.6 Å². The van der Waals surface area contributed by atoms with Gasteiger partial charge in [0.15, 0.2) is 0 Å². The Kier molecular flexibility index (Phi) is 2.50. The van der Waals surface area contributed by atoms with Crippen LogP contribution in [-0.4, -0.2) is 12.6 Å². The summed E-state index contributed by atoms with van der Waals surface area (Å²) in [5.41, 5.74) is 7.04. The summed E-state index contributed by atoms with van der Waals surface area (Å²) < 4.78 is 18.0. The highest BCUT2D eigenvalue weighted by atomic mass is 19.1. The van der Waals surface area contributed by atoms with Gasteiger partial charge < -0.3 is 10.5 Å². The minimum Gasteiger partial charge on any atom is -0.485 e. The molecule has 1 aromatic carbocycles. The van der Waals surface area contributed by atoms with Crippen molar-refractivity contribution < 1.29 is 9.13 Å². The van der Waals surface area contributed by atoms with E-state index in [1.165, 1.54) is 0 Å². The first kappa shape index (κ1) is 9.21. The molecule has 0 amide bonds. The van der Waals surface area contributed by atoms with E-state index in [1.54, 1.807) is 0 Å². The van der Waals surface area contributed by atoms with Crippen molar-refractivity contribution in [2.75, 3.05) is 6.54 Å². The molecule has 1 aromatic rings. The minimum absolute atomic E-state index is 0.204. The Labute approximate surface area is 82.2 Å². The van der Waals surface area contributed by atoms with Crippen molar-refractivity contribution in [1.29, 1.82) is 0 Å². The highest BCUT2D eigenvalue weighted by Crippen LogP contribution is 2.30. The Morgan fingerprint density at radius 1 is 1.57 bits per heavy atom. The standard InChI is InChI=1S/C11H12FNO/c12-6-9(7-13)11-5-8-3-1-2-4-10(8)14-11/h1-4,6,11H,5,7,13H2/t11-/m0/s1. The highest BCUT2D eigenvalue weighted by molar-refractivity contribution is 5.39. The number of halogens is 1. The molecule has 2 rings (SSSR count). The zero-order chi connectivity index (χ0) is 9.97. The third kappa shape index (κ3) is 1.51. The number of benzene rings is 1. The average molecular weight is 193 g/mol. The van der Waals surface area contributed by atoms with Crippen molar-refractivity contribution in [3.05, 3.63) is 41.7 Å². The Morgan fingerprint density at radius 3 is 3.00 bits per heavy atom. The lowest BCUT2D eigenvalue weighted by Crippen LogP contribution is -2.21. The topological polar surface area (TPSA) is 35.2 Å². The zero-order valence-corrected chi connectivity index (χ0v) is 7.74. The summed E-state index contributed by atoms with van der Waals surface area (Å²) in [5, 5.41) is 0. The lowest BCUT2D eigenvalue weighted by molar-refractivity contribution is 0.266. The molecule has 14 heavy (non-hydrogen) atoms. The van der Waals surface area contributed by atoms with Gasteiger partial charge in [0.1, 0.15) is 11.9 Å². The predicted molar refractivity (Wildman–Crippen MR) is 52.8 cm³/mol. The third-order valence-electron chi connectivity index (χ3n) is 2.44. The van der Waals surface area contributed by atoms with Crippen LogP contribution < -0.4 is 10.5 Å². The molecule has 74 valence electrons. The fourth-order valence-corrected chi connectivity index (χ4v) is 1.64. The SMILES string of the molecule is NCC(=CF)[C@@H]1Cc2ccccc2O1. The molecule has 0 fully saturated rings. The van der Waals surface area contributed by atoms with Crippen LogP contribution in [0.25, 0.3) is 0 Å². The van der Waals surface area contributed by atoms with E-state index in [-0.39, 0.29) is 12.6 Å². The molecule has 1 atom stereocenters. The first-order valence-electron chi connectivity index (χ1n) is 4.59. The van der Waals surface area contributed by atoms with Gasteiger partial charge in [-0.1, -0.05) is 18.2 Å². The monoisotopic (exact) mass is 193 g/mol. The molecule has 0 aromatic heterocycles. The van der Waals surface area contributed by atoms with Crippen LogP contribution in [0.2, 0.25) is 0 Å². The number of rotatable bonds is 2. The van der Waals surface area contributed by atoms with Crippen LogP contribution in [0.15, 0.2) is 36.2 Å². The minimum atomic E-state index is -0.220. The van der Waals surface area contributed by atoms with Gasteiger partial charge in [0.05, 0.1) is 6.33 Å². The lowest BCUT2D eigenvalue weighted by Gasteiger charge is -2.11. The lowest BCUT2D eigenvalue weighted by atomic mass is 10.1. The Hall–Kier alpha value is -1.35. The molecule has 1 aliphatic rings. The van der Waals surface area contributed by atoms with Crippen LogP contribution in [0.4, 0.5) is 4.39 Å². The van der Waals surface area contributed by atoms with Crippen molar-refractivity contribution in [1.82, 2.24) is 0 Å². The smallest absolute Gasteiger partial charge is 0.128 e. The Balaban J connectivity index is 2.19. The molecule has 2 N–H and O–H groups in total. The molecule has 0 saturated carbocycles. The summed E-state index contributed by atoms with van der Waals surface area (Å²) in [6.07, 6.45) is 1.04. The molecule has 1 aliphatic heterocycles. The number of hydrogen-bond donors (Lipinski definition) is 1. The van der Waals surface area contributed by atoms with Gasteiger partial charge >= 0.3 is 0 Å². The Bertz CT molecular complexity index is 337. The molecular formula is C11H12FNO. The maximum Gasteiger partial charge on any atom is 0.128 e. The van der Waals surface area contributed by atoms with Crippen molar-refractivity contribution >= 4 is 0 Å². The van der Waals surface area contributed by atoms with Crippen LogP contribution in [-0.2, 0) is 6.42 Å². The van der Waals surface area contributed by atoms with Gasteiger partial charge in [0, 0.05) is 18.5 Å². The first-order valence-corrected chi connectivity index (χ1v) is 4.59. The van der Waals surface area contributed by atoms with Crippen molar-refractivity contribution in [3.8, 4) is 5.75 Å². The number of hydrogen-bond acceptors (Lipinski definition) is 2. The van der Waals surface area contributed by atoms with Gasteiger partial charge in [0.25, 0.3) is 0 Å². The molecule has 0 aliphatic carbocycles. The third-order valence-corrected chi connectivity index (χ3v) is 2.44. The van der Waals surface area contributed by atoms with Crippen LogP contribution in [0.3, 0.4) is 0 Å². The van der Waals surface area contributed by atoms with Gasteiger partial charge in [-0.15, -0.1) is 0 Å². The summed E-state index contributed by atoms with van der Waals surface area (Å²) in [5.74, 6) is 0.838. The predicted octanol–water partition coefficient (Wildman–Crippen LogP) is 1.80. The molecule has 0 saturated heterocycles. The second-order valence-electron chi connectivity index (χ2n) is 3.31. The van der Waals surface area contributed by atoms with Gasteiger partial charge in [-0.3, -0.25) is 0 Å². The van der Waals surface area contributed by atoms with Crippen molar-refractivity contribution in [2.24, 2.45) is 5.73 Å². The molecule has 0 unspecified atom stereocenters. The van der Waals surface area contributed by atoms with E-state index >= 15 is 0 Å². The summed E-state index contributed by atoms with van der Waals surface area (Å²) in [7, 11) is 0. The first-order chi connectivity index (χ1) is 6.85. The maximum absolute atomic E-state index is 12.4. The average Bonchev–Trinajstić information content (AvgIpc) is 2.63. The van der Waals surface area contributed by atoms with E-state index in [0.717, 1.165) is 11.3 Å².